The van der Waals surface area contributed by atoms with Gasteiger partial charge in [0.1, 0.15) is 0 Å². The normalized spacial score (nSPS) is 57.0. The quantitative estimate of drug-likeness (QED) is 0.687. The molecule has 0 aromatic rings. The van der Waals surface area contributed by atoms with Crippen molar-refractivity contribution in [2.24, 2.45) is 39.4 Å². The van der Waals surface area contributed by atoms with Gasteiger partial charge in [-0.1, -0.05) is 26.0 Å². The van der Waals surface area contributed by atoms with Gasteiger partial charge in [0.05, 0.1) is 6.10 Å². The number of rotatable bonds is 3. The van der Waals surface area contributed by atoms with Gasteiger partial charge in [-0.15, -0.1) is 0 Å². The Morgan fingerprint density at radius 1 is 1.07 bits per heavy atom. The lowest BCUT2D eigenvalue weighted by atomic mass is 9.43. The predicted octanol–water partition coefficient (Wildman–Crippen LogP) is 4.46. The lowest BCUT2D eigenvalue weighted by molar-refractivity contribution is -0.125. The molecule has 0 saturated heterocycles. The highest BCUT2D eigenvalue weighted by Crippen LogP contribution is 2.88. The van der Waals surface area contributed by atoms with E-state index in [0.29, 0.717) is 28.8 Å². The van der Waals surface area contributed by atoms with E-state index >= 15 is 0 Å². The molecular formula is C26H44N2O. The number of fused-ring (bicyclic) bond motifs is 2. The fourth-order valence-corrected chi connectivity index (χ4v) is 10.2. The van der Waals surface area contributed by atoms with Crippen LogP contribution >= 0.6 is 0 Å². The van der Waals surface area contributed by atoms with E-state index in [1.165, 1.54) is 50.5 Å². The molecule has 0 aromatic heterocycles. The van der Waals surface area contributed by atoms with Gasteiger partial charge in [-0.25, -0.2) is 0 Å². The first-order chi connectivity index (χ1) is 13.6. The van der Waals surface area contributed by atoms with E-state index in [0.717, 1.165) is 18.3 Å². The van der Waals surface area contributed by atoms with Crippen molar-refractivity contribution < 1.29 is 5.11 Å². The van der Waals surface area contributed by atoms with E-state index in [4.69, 9.17) is 0 Å². The van der Waals surface area contributed by atoms with Crippen LogP contribution in [0.3, 0.4) is 0 Å². The third kappa shape index (κ3) is 2.21. The zero-order valence-corrected chi connectivity index (χ0v) is 19.7. The van der Waals surface area contributed by atoms with E-state index in [9.17, 15) is 5.11 Å². The molecule has 2 spiro atoms. The number of aliphatic hydroxyl groups excluding tert-OH is 1. The minimum Gasteiger partial charge on any atom is -0.393 e. The van der Waals surface area contributed by atoms with Gasteiger partial charge in [0.25, 0.3) is 0 Å². The highest BCUT2D eigenvalue weighted by atomic mass is 16.3. The second-order valence-electron chi connectivity index (χ2n) is 12.5. The molecule has 2 N–H and O–H groups in total. The summed E-state index contributed by atoms with van der Waals surface area (Å²) < 4.78 is 0. The van der Waals surface area contributed by atoms with E-state index in [1.807, 2.05) is 0 Å². The SMILES string of the molecule is C=C1[C@@H](NC)CC[C@]23C[C@]24CC[C@]2(C)[C@@H]([C@H](C)N(C)C)[C@H](O)C[C@@]2(C)[C@@H]4CC[C@@H]13. The number of nitrogens with zero attached hydrogens (tertiary/aromatic N) is 1. The van der Waals surface area contributed by atoms with Crippen molar-refractivity contribution in [1.29, 1.82) is 0 Å². The van der Waals surface area contributed by atoms with Gasteiger partial charge in [-0.05, 0) is 113 Å². The molecule has 0 heterocycles. The topological polar surface area (TPSA) is 35.5 Å². The van der Waals surface area contributed by atoms with Crippen LogP contribution in [0.1, 0.15) is 72.1 Å². The molecule has 10 atom stereocenters. The Morgan fingerprint density at radius 2 is 1.79 bits per heavy atom. The summed E-state index contributed by atoms with van der Waals surface area (Å²) in [6.07, 6.45) is 10.4. The fourth-order valence-electron chi connectivity index (χ4n) is 10.2. The zero-order valence-electron chi connectivity index (χ0n) is 19.7. The second kappa shape index (κ2) is 6.11. The summed E-state index contributed by atoms with van der Waals surface area (Å²) in [4.78, 5) is 2.34. The van der Waals surface area contributed by atoms with Gasteiger partial charge in [0.15, 0.2) is 0 Å². The number of hydrogen-bond donors (Lipinski definition) is 2. The summed E-state index contributed by atoms with van der Waals surface area (Å²) in [5, 5.41) is 14.9. The van der Waals surface area contributed by atoms with Gasteiger partial charge in [-0.3, -0.25) is 0 Å². The molecule has 0 aromatic carbocycles. The molecule has 5 rings (SSSR count). The molecule has 29 heavy (non-hydrogen) atoms. The van der Waals surface area contributed by atoms with E-state index < -0.39 is 0 Å². The molecule has 3 heteroatoms. The summed E-state index contributed by atoms with van der Waals surface area (Å²) in [5.74, 6) is 1.92. The number of hydrogen-bond acceptors (Lipinski definition) is 3. The molecular weight excluding hydrogens is 356 g/mol. The van der Waals surface area contributed by atoms with Crippen molar-refractivity contribution in [3.8, 4) is 0 Å². The van der Waals surface area contributed by atoms with Gasteiger partial charge in [-0.2, -0.15) is 0 Å². The van der Waals surface area contributed by atoms with Crippen LogP contribution in [0, 0.1) is 39.4 Å². The lowest BCUT2D eigenvalue weighted by Crippen LogP contribution is -2.56. The van der Waals surface area contributed by atoms with E-state index in [-0.39, 0.29) is 16.9 Å². The first-order valence-electron chi connectivity index (χ1n) is 12.3. The van der Waals surface area contributed by atoms with Crippen molar-refractivity contribution in [2.75, 3.05) is 21.1 Å². The second-order valence-corrected chi connectivity index (χ2v) is 12.5. The molecule has 5 saturated carbocycles. The Morgan fingerprint density at radius 3 is 2.45 bits per heavy atom. The molecule has 0 radical (unpaired) electrons. The van der Waals surface area contributed by atoms with Gasteiger partial charge in [0.2, 0.25) is 0 Å². The Kier molecular flexibility index (Phi) is 4.32. The van der Waals surface area contributed by atoms with Gasteiger partial charge < -0.3 is 15.3 Å². The summed E-state index contributed by atoms with van der Waals surface area (Å²) in [5.41, 5.74) is 3.12. The molecule has 5 aliphatic carbocycles. The van der Waals surface area contributed by atoms with Crippen LogP contribution in [-0.4, -0.2) is 49.3 Å². The minimum absolute atomic E-state index is 0.153. The summed E-state index contributed by atoms with van der Waals surface area (Å²) in [6.45, 7) is 12.1. The van der Waals surface area contributed by atoms with Crippen molar-refractivity contribution in [3.63, 3.8) is 0 Å². The fraction of sp³-hybridized carbons (Fsp3) is 0.923. The maximum absolute atomic E-state index is 11.3. The third-order valence-corrected chi connectivity index (χ3v) is 12.0. The van der Waals surface area contributed by atoms with E-state index in [1.54, 1.807) is 0 Å². The first-order valence-corrected chi connectivity index (χ1v) is 12.3. The van der Waals surface area contributed by atoms with Gasteiger partial charge >= 0.3 is 0 Å². The molecule has 164 valence electrons. The molecule has 0 amide bonds. The lowest BCUT2D eigenvalue weighted by Gasteiger charge is -2.61. The average molecular weight is 401 g/mol. The van der Waals surface area contributed by atoms with Crippen molar-refractivity contribution in [2.45, 2.75) is 90.3 Å². The maximum atomic E-state index is 11.3. The van der Waals surface area contributed by atoms with Crippen molar-refractivity contribution >= 4 is 0 Å². The largest absolute Gasteiger partial charge is 0.393 e. The van der Waals surface area contributed by atoms with Crippen LogP contribution in [0.25, 0.3) is 0 Å². The number of nitrogens with one attached hydrogen (secondary N) is 1. The molecule has 0 bridgehead atoms. The zero-order chi connectivity index (χ0) is 21.0. The van der Waals surface area contributed by atoms with Crippen LogP contribution in [0.15, 0.2) is 12.2 Å². The number of aliphatic hydroxyl groups is 1. The van der Waals surface area contributed by atoms with Crippen LogP contribution in [0.4, 0.5) is 0 Å². The highest BCUT2D eigenvalue weighted by molar-refractivity contribution is 5.35. The maximum Gasteiger partial charge on any atom is 0.0594 e. The standard InChI is InChI=1S/C26H44N2O/c1-16-18-8-9-21-24(4)14-20(29)22(17(2)28(6)7)23(24,3)12-13-26(21)15-25(18,26)11-10-19(16)27-5/h17-22,27,29H,1,8-15H2,2-7H3/t17-,18-,19-,20+,21-,22-,23+,24-,25+,26-/m0/s1. The molecule has 5 fully saturated rings. The van der Waals surface area contributed by atoms with Crippen LogP contribution in [0.5, 0.6) is 0 Å². The summed E-state index contributed by atoms with van der Waals surface area (Å²) in [6, 6.07) is 0.962. The molecule has 0 aliphatic heterocycles. The Bertz CT molecular complexity index is 719. The van der Waals surface area contributed by atoms with E-state index in [2.05, 4.69) is 58.7 Å². The first kappa shape index (κ1) is 20.5. The minimum atomic E-state index is -0.153. The highest BCUT2D eigenvalue weighted by Gasteiger charge is 2.81. The van der Waals surface area contributed by atoms with Crippen molar-refractivity contribution in [1.82, 2.24) is 10.2 Å². The smallest absolute Gasteiger partial charge is 0.0594 e. The Labute approximate surface area is 178 Å². The number of likely N-dealkylation sites (N-methyl/N-ethyl adjacent to an activating group) is 1. The summed E-state index contributed by atoms with van der Waals surface area (Å²) >= 11 is 0. The average Bonchev–Trinajstić information content (AvgIpc) is 3.27. The monoisotopic (exact) mass is 400 g/mol. The molecule has 5 aliphatic rings. The molecule has 0 unspecified atom stereocenters. The predicted molar refractivity (Wildman–Crippen MR) is 120 cm³/mol. The van der Waals surface area contributed by atoms with Crippen LogP contribution < -0.4 is 5.32 Å². The summed E-state index contributed by atoms with van der Waals surface area (Å²) in [7, 11) is 6.49. The van der Waals surface area contributed by atoms with Crippen LogP contribution in [0.2, 0.25) is 0 Å². The van der Waals surface area contributed by atoms with Crippen molar-refractivity contribution in [3.05, 3.63) is 12.2 Å². The molecule has 3 nitrogen and oxygen atoms in total. The Hall–Kier alpha value is -0.380. The van der Waals surface area contributed by atoms with Gasteiger partial charge in [0, 0.05) is 18.0 Å². The third-order valence-electron chi connectivity index (χ3n) is 12.0. The Balaban J connectivity index is 1.50. The van der Waals surface area contributed by atoms with Crippen LogP contribution in [-0.2, 0) is 0 Å².